The van der Waals surface area contributed by atoms with Crippen LogP contribution in [0.15, 0.2) is 11.6 Å². The van der Waals surface area contributed by atoms with Crippen LogP contribution >= 0.6 is 0 Å². The third kappa shape index (κ3) is 12.0. The molecule has 0 aromatic heterocycles. The van der Waals surface area contributed by atoms with Crippen LogP contribution in [0.4, 0.5) is 0 Å². The standard InChI is InChI=1S/C17H32O2/c1-4-5-6-7-8-9-10-11-12-15(2)13-14-16(3)17(18)19/h14-15H,4-13H2,1-3H3,(H,18,19). The molecule has 0 aliphatic rings. The van der Waals surface area contributed by atoms with E-state index in [-0.39, 0.29) is 0 Å². The molecule has 0 radical (unpaired) electrons. The molecule has 1 unspecified atom stereocenters. The first kappa shape index (κ1) is 18.2. The first-order valence-corrected chi connectivity index (χ1v) is 7.98. The Labute approximate surface area is 119 Å². The van der Waals surface area contributed by atoms with E-state index in [4.69, 9.17) is 5.11 Å². The lowest BCUT2D eigenvalue weighted by Crippen LogP contribution is -1.98. The predicted octanol–water partition coefficient (Wildman–Crippen LogP) is 5.57. The number of carboxylic acid groups (broad SMARTS) is 1. The van der Waals surface area contributed by atoms with Crippen molar-refractivity contribution >= 4 is 5.97 Å². The van der Waals surface area contributed by atoms with Gasteiger partial charge in [0.15, 0.2) is 0 Å². The van der Waals surface area contributed by atoms with E-state index in [0.29, 0.717) is 11.5 Å². The van der Waals surface area contributed by atoms with E-state index in [2.05, 4.69) is 13.8 Å². The molecule has 0 rings (SSSR count). The summed E-state index contributed by atoms with van der Waals surface area (Å²) in [7, 11) is 0. The Morgan fingerprint density at radius 1 is 1.05 bits per heavy atom. The zero-order valence-corrected chi connectivity index (χ0v) is 13.1. The van der Waals surface area contributed by atoms with Crippen molar-refractivity contribution in [3.63, 3.8) is 0 Å². The molecule has 19 heavy (non-hydrogen) atoms. The second-order valence-electron chi connectivity index (χ2n) is 5.80. The van der Waals surface area contributed by atoms with E-state index in [9.17, 15) is 4.79 Å². The van der Waals surface area contributed by atoms with E-state index >= 15 is 0 Å². The largest absolute Gasteiger partial charge is 0.478 e. The minimum atomic E-state index is -0.792. The van der Waals surface area contributed by atoms with E-state index in [1.54, 1.807) is 6.92 Å². The van der Waals surface area contributed by atoms with Crippen LogP contribution in [0.3, 0.4) is 0 Å². The van der Waals surface area contributed by atoms with Gasteiger partial charge in [-0.05, 0) is 19.3 Å². The van der Waals surface area contributed by atoms with Gasteiger partial charge in [-0.15, -0.1) is 0 Å². The molecule has 0 fully saturated rings. The molecule has 0 heterocycles. The average molecular weight is 268 g/mol. The van der Waals surface area contributed by atoms with Crippen molar-refractivity contribution in [3.8, 4) is 0 Å². The average Bonchev–Trinajstić information content (AvgIpc) is 2.38. The predicted molar refractivity (Wildman–Crippen MR) is 82.4 cm³/mol. The SMILES string of the molecule is CCCCCCCCCCC(C)CC=C(C)C(=O)O. The maximum Gasteiger partial charge on any atom is 0.330 e. The van der Waals surface area contributed by atoms with Gasteiger partial charge < -0.3 is 5.11 Å². The Hall–Kier alpha value is -0.790. The molecule has 2 heteroatoms. The first-order chi connectivity index (χ1) is 9.07. The number of allylic oxidation sites excluding steroid dienone is 1. The van der Waals surface area contributed by atoms with Crippen molar-refractivity contribution in [2.75, 3.05) is 0 Å². The molecule has 112 valence electrons. The number of aliphatic carboxylic acids is 1. The highest BCUT2D eigenvalue weighted by atomic mass is 16.4. The van der Waals surface area contributed by atoms with Crippen LogP contribution in [0, 0.1) is 5.92 Å². The summed E-state index contributed by atoms with van der Waals surface area (Å²) in [6, 6.07) is 0. The lowest BCUT2D eigenvalue weighted by atomic mass is 9.98. The van der Waals surface area contributed by atoms with Gasteiger partial charge in [-0.25, -0.2) is 4.79 Å². The van der Waals surface area contributed by atoms with E-state index in [1.807, 2.05) is 6.08 Å². The Bertz CT molecular complexity index is 256. The molecule has 0 bridgehead atoms. The molecule has 0 aromatic carbocycles. The minimum absolute atomic E-state index is 0.475. The normalized spacial score (nSPS) is 13.5. The van der Waals surface area contributed by atoms with Gasteiger partial charge in [0, 0.05) is 5.57 Å². The topological polar surface area (TPSA) is 37.3 Å². The molecular formula is C17H32O2. The number of rotatable bonds is 12. The maximum atomic E-state index is 10.7. The van der Waals surface area contributed by atoms with Crippen LogP contribution in [0.5, 0.6) is 0 Å². The fourth-order valence-corrected chi connectivity index (χ4v) is 2.21. The van der Waals surface area contributed by atoms with Gasteiger partial charge in [0.25, 0.3) is 0 Å². The fourth-order valence-electron chi connectivity index (χ4n) is 2.21. The summed E-state index contributed by atoms with van der Waals surface area (Å²) in [5, 5.41) is 8.76. The highest BCUT2D eigenvalue weighted by Crippen LogP contribution is 2.16. The van der Waals surface area contributed by atoms with Crippen molar-refractivity contribution in [2.24, 2.45) is 5.92 Å². The molecule has 1 N–H and O–H groups in total. The summed E-state index contributed by atoms with van der Waals surface area (Å²) < 4.78 is 0. The molecule has 1 atom stereocenters. The molecule has 0 aliphatic heterocycles. The van der Waals surface area contributed by atoms with Crippen LogP contribution in [-0.4, -0.2) is 11.1 Å². The summed E-state index contributed by atoms with van der Waals surface area (Å²) in [5.41, 5.74) is 0.475. The molecule has 0 spiro atoms. The van der Waals surface area contributed by atoms with Crippen molar-refractivity contribution in [1.29, 1.82) is 0 Å². The molecule has 0 aliphatic carbocycles. The van der Waals surface area contributed by atoms with Gasteiger partial charge in [0.05, 0.1) is 0 Å². The summed E-state index contributed by atoms with van der Waals surface area (Å²) in [6.07, 6.45) is 14.8. The van der Waals surface area contributed by atoms with Gasteiger partial charge in [-0.1, -0.05) is 77.7 Å². The smallest absolute Gasteiger partial charge is 0.330 e. The number of hydrogen-bond donors (Lipinski definition) is 1. The summed E-state index contributed by atoms with van der Waals surface area (Å²) in [6.45, 7) is 6.14. The van der Waals surface area contributed by atoms with Crippen molar-refractivity contribution in [1.82, 2.24) is 0 Å². The summed E-state index contributed by atoms with van der Waals surface area (Å²) >= 11 is 0. The lowest BCUT2D eigenvalue weighted by Gasteiger charge is -2.08. The van der Waals surface area contributed by atoms with Gasteiger partial charge in [0.1, 0.15) is 0 Å². The van der Waals surface area contributed by atoms with Crippen LogP contribution in [0.25, 0.3) is 0 Å². The highest BCUT2D eigenvalue weighted by molar-refractivity contribution is 5.85. The van der Waals surface area contributed by atoms with Crippen molar-refractivity contribution in [3.05, 3.63) is 11.6 Å². The van der Waals surface area contributed by atoms with E-state index in [0.717, 1.165) is 6.42 Å². The molecule has 2 nitrogen and oxygen atoms in total. The lowest BCUT2D eigenvalue weighted by molar-refractivity contribution is -0.132. The maximum absolute atomic E-state index is 10.7. The van der Waals surface area contributed by atoms with Crippen LogP contribution < -0.4 is 0 Å². The first-order valence-electron chi connectivity index (χ1n) is 7.98. The molecule has 0 amide bonds. The van der Waals surface area contributed by atoms with E-state index < -0.39 is 5.97 Å². The second-order valence-corrected chi connectivity index (χ2v) is 5.80. The Kier molecular flexibility index (Phi) is 11.7. The van der Waals surface area contributed by atoms with Crippen molar-refractivity contribution in [2.45, 2.75) is 85.0 Å². The summed E-state index contributed by atoms with van der Waals surface area (Å²) in [5.74, 6) is -0.186. The number of carboxylic acids is 1. The monoisotopic (exact) mass is 268 g/mol. The third-order valence-corrected chi connectivity index (χ3v) is 3.71. The molecular weight excluding hydrogens is 236 g/mol. The third-order valence-electron chi connectivity index (χ3n) is 3.71. The van der Waals surface area contributed by atoms with Gasteiger partial charge in [-0.2, -0.15) is 0 Å². The van der Waals surface area contributed by atoms with E-state index in [1.165, 1.54) is 57.8 Å². The van der Waals surface area contributed by atoms with Crippen LogP contribution in [0.2, 0.25) is 0 Å². The minimum Gasteiger partial charge on any atom is -0.478 e. The molecule has 0 saturated carbocycles. The molecule has 0 aromatic rings. The Morgan fingerprint density at radius 3 is 2.11 bits per heavy atom. The van der Waals surface area contributed by atoms with Crippen LogP contribution in [-0.2, 0) is 4.79 Å². The Balaban J connectivity index is 3.41. The quantitative estimate of drug-likeness (QED) is 0.371. The second kappa shape index (κ2) is 12.3. The number of hydrogen-bond acceptors (Lipinski definition) is 1. The van der Waals surface area contributed by atoms with Gasteiger partial charge in [0.2, 0.25) is 0 Å². The van der Waals surface area contributed by atoms with Crippen LogP contribution in [0.1, 0.15) is 85.0 Å². The Morgan fingerprint density at radius 2 is 1.58 bits per heavy atom. The fraction of sp³-hybridized carbons (Fsp3) is 0.824. The zero-order valence-electron chi connectivity index (χ0n) is 13.1. The summed E-state index contributed by atoms with van der Waals surface area (Å²) in [4.78, 5) is 10.7. The zero-order chi connectivity index (χ0) is 14.5. The number of carbonyl (C=O) groups is 1. The van der Waals surface area contributed by atoms with Crippen molar-refractivity contribution < 1.29 is 9.90 Å². The molecule has 0 saturated heterocycles. The highest BCUT2D eigenvalue weighted by Gasteiger charge is 2.03. The number of unbranched alkanes of at least 4 members (excludes halogenated alkanes) is 7. The van der Waals surface area contributed by atoms with Gasteiger partial charge >= 0.3 is 5.97 Å². The van der Waals surface area contributed by atoms with Gasteiger partial charge in [-0.3, -0.25) is 0 Å².